The highest BCUT2D eigenvalue weighted by atomic mass is 19.1. The Balaban J connectivity index is 1.26. The largest absolute Gasteiger partial charge is 0.489 e. The quantitative estimate of drug-likeness (QED) is 0.208. The lowest BCUT2D eigenvalue weighted by Gasteiger charge is -2.20. The highest BCUT2D eigenvalue weighted by Crippen LogP contribution is 2.36. The number of nitrogens with one attached hydrogen (secondary N) is 1. The molecule has 0 bridgehead atoms. The Morgan fingerprint density at radius 2 is 1.76 bits per heavy atom. The van der Waals surface area contributed by atoms with Gasteiger partial charge in [-0.1, -0.05) is 43.2 Å². The normalized spacial score (nSPS) is 12.3. The van der Waals surface area contributed by atoms with Crippen LogP contribution in [0, 0.1) is 12.7 Å². The number of fused-ring (bicyclic) bond motifs is 1. The molecule has 3 aromatic carbocycles. The minimum Gasteiger partial charge on any atom is -0.489 e. The van der Waals surface area contributed by atoms with Crippen molar-refractivity contribution in [3.05, 3.63) is 77.1 Å². The third kappa shape index (κ3) is 7.48. The molecule has 1 heterocycles. The second-order valence-corrected chi connectivity index (χ2v) is 9.41. The van der Waals surface area contributed by atoms with Crippen molar-refractivity contribution < 1.29 is 28.1 Å². The van der Waals surface area contributed by atoms with Gasteiger partial charge in [0, 0.05) is 24.6 Å². The number of rotatable bonds is 13. The molecule has 1 aliphatic heterocycles. The zero-order chi connectivity index (χ0) is 26.7. The molecule has 0 amide bonds. The predicted molar refractivity (Wildman–Crippen MR) is 145 cm³/mol. The number of carbonyl (C=O) groups excluding carboxylic acids is 1. The second-order valence-electron chi connectivity index (χ2n) is 9.41. The minimum atomic E-state index is -0.283. The fourth-order valence-electron chi connectivity index (χ4n) is 4.48. The van der Waals surface area contributed by atoms with Crippen LogP contribution in [0.25, 0.3) is 11.1 Å². The van der Waals surface area contributed by atoms with E-state index in [2.05, 4.69) is 23.0 Å². The first-order chi connectivity index (χ1) is 18.5. The van der Waals surface area contributed by atoms with E-state index in [0.717, 1.165) is 66.0 Å². The number of hydrogen-bond acceptors (Lipinski definition) is 6. The molecule has 0 aliphatic carbocycles. The third-order valence-corrected chi connectivity index (χ3v) is 6.75. The van der Waals surface area contributed by atoms with Crippen molar-refractivity contribution in [2.45, 2.75) is 52.2 Å². The van der Waals surface area contributed by atoms with Gasteiger partial charge in [-0.2, -0.15) is 0 Å². The third-order valence-electron chi connectivity index (χ3n) is 6.75. The molecule has 0 unspecified atom stereocenters. The molecule has 0 saturated heterocycles. The topological polar surface area (TPSA) is 66.0 Å². The smallest absolute Gasteiger partial charge is 0.305 e. The maximum absolute atomic E-state index is 14.7. The summed E-state index contributed by atoms with van der Waals surface area (Å²) in [5.74, 6) is 1.59. The minimum absolute atomic E-state index is 0.161. The summed E-state index contributed by atoms with van der Waals surface area (Å²) in [6, 6.07) is 17.1. The summed E-state index contributed by atoms with van der Waals surface area (Å²) >= 11 is 0. The van der Waals surface area contributed by atoms with E-state index in [4.69, 9.17) is 14.2 Å². The molecule has 1 N–H and O–H groups in total. The molecule has 0 atom stereocenters. The monoisotopic (exact) mass is 521 g/mol. The Labute approximate surface area is 224 Å². The van der Waals surface area contributed by atoms with E-state index < -0.39 is 0 Å². The second kappa shape index (κ2) is 13.8. The molecule has 38 heavy (non-hydrogen) atoms. The Bertz CT molecular complexity index is 1230. The molecular formula is C31H36FNO5. The van der Waals surface area contributed by atoms with Crippen LogP contribution < -0.4 is 19.5 Å². The molecule has 6 nitrogen and oxygen atoms in total. The van der Waals surface area contributed by atoms with E-state index in [0.29, 0.717) is 44.1 Å². The molecule has 0 saturated carbocycles. The summed E-state index contributed by atoms with van der Waals surface area (Å²) in [5.41, 5.74) is 4.91. The van der Waals surface area contributed by atoms with Crippen LogP contribution in [0.1, 0.15) is 48.8 Å². The van der Waals surface area contributed by atoms with E-state index in [9.17, 15) is 9.18 Å². The van der Waals surface area contributed by atoms with Gasteiger partial charge in [-0.15, -0.1) is 0 Å². The standard InChI is InChI=1S/C31H36FNO5/c1-22-25(8-7-9-27(22)23-12-14-29-30(18-23)37-17-16-36-29)21-38-26-13-11-24(28(32)19-26)20-33-15-6-4-3-5-10-31(34)35-2/h7-9,11-14,18-19,33H,3-6,10,15-17,20-21H2,1-2H3. The van der Waals surface area contributed by atoms with E-state index >= 15 is 0 Å². The van der Waals surface area contributed by atoms with Gasteiger partial charge in [-0.05, 0) is 66.8 Å². The lowest BCUT2D eigenvalue weighted by atomic mass is 9.96. The van der Waals surface area contributed by atoms with Gasteiger partial charge >= 0.3 is 5.97 Å². The molecular weight excluding hydrogens is 485 g/mol. The van der Waals surface area contributed by atoms with Gasteiger partial charge in [0.2, 0.25) is 0 Å². The average Bonchev–Trinajstić information content (AvgIpc) is 2.94. The van der Waals surface area contributed by atoms with Gasteiger partial charge in [-0.25, -0.2) is 4.39 Å². The maximum atomic E-state index is 14.7. The van der Waals surface area contributed by atoms with Crippen LogP contribution in [0.5, 0.6) is 17.2 Å². The van der Waals surface area contributed by atoms with E-state index in [1.54, 1.807) is 6.07 Å². The van der Waals surface area contributed by atoms with Gasteiger partial charge < -0.3 is 24.3 Å². The van der Waals surface area contributed by atoms with E-state index in [1.807, 2.05) is 36.4 Å². The fraction of sp³-hybridized carbons (Fsp3) is 0.387. The van der Waals surface area contributed by atoms with E-state index in [1.165, 1.54) is 13.2 Å². The number of hydrogen-bond donors (Lipinski definition) is 1. The van der Waals surface area contributed by atoms with Crippen molar-refractivity contribution in [3.63, 3.8) is 0 Å². The van der Waals surface area contributed by atoms with Crippen LogP contribution in [0.4, 0.5) is 4.39 Å². The van der Waals surface area contributed by atoms with Crippen LogP contribution in [-0.2, 0) is 22.7 Å². The summed E-state index contributed by atoms with van der Waals surface area (Å²) < 4.78 is 36.7. The van der Waals surface area contributed by atoms with Crippen molar-refractivity contribution in [2.75, 3.05) is 26.9 Å². The molecule has 0 spiro atoms. The Morgan fingerprint density at radius 3 is 2.58 bits per heavy atom. The van der Waals surface area contributed by atoms with Crippen LogP contribution >= 0.6 is 0 Å². The lowest BCUT2D eigenvalue weighted by Crippen LogP contribution is -2.15. The van der Waals surface area contributed by atoms with Gasteiger partial charge in [0.15, 0.2) is 11.5 Å². The van der Waals surface area contributed by atoms with Gasteiger partial charge in [0.25, 0.3) is 0 Å². The van der Waals surface area contributed by atoms with Crippen molar-refractivity contribution in [2.24, 2.45) is 0 Å². The first-order valence-electron chi connectivity index (χ1n) is 13.2. The fourth-order valence-corrected chi connectivity index (χ4v) is 4.48. The molecule has 0 fully saturated rings. The number of carbonyl (C=O) groups is 1. The molecule has 7 heteroatoms. The first kappa shape index (κ1) is 27.5. The molecule has 202 valence electrons. The predicted octanol–water partition coefficient (Wildman–Crippen LogP) is 6.36. The molecule has 4 rings (SSSR count). The SMILES string of the molecule is COC(=O)CCCCCCNCc1ccc(OCc2cccc(-c3ccc4c(c3)OCCO4)c2C)cc1F. The van der Waals surface area contributed by atoms with Gasteiger partial charge in [0.1, 0.15) is 31.4 Å². The average molecular weight is 522 g/mol. The number of methoxy groups -OCH3 is 1. The zero-order valence-corrected chi connectivity index (χ0v) is 22.2. The van der Waals surface area contributed by atoms with Crippen LogP contribution in [-0.4, -0.2) is 32.8 Å². The van der Waals surface area contributed by atoms with Crippen LogP contribution in [0.15, 0.2) is 54.6 Å². The molecule has 1 aliphatic rings. The number of halogens is 1. The molecule has 3 aromatic rings. The van der Waals surface area contributed by atoms with Crippen molar-refractivity contribution >= 4 is 5.97 Å². The molecule has 0 radical (unpaired) electrons. The number of esters is 1. The lowest BCUT2D eigenvalue weighted by molar-refractivity contribution is -0.140. The Kier molecular flexibility index (Phi) is 9.98. The highest BCUT2D eigenvalue weighted by molar-refractivity contribution is 5.71. The summed E-state index contributed by atoms with van der Waals surface area (Å²) in [4.78, 5) is 11.1. The van der Waals surface area contributed by atoms with Crippen molar-refractivity contribution in [1.82, 2.24) is 5.32 Å². The van der Waals surface area contributed by atoms with E-state index in [-0.39, 0.29) is 11.8 Å². The summed E-state index contributed by atoms with van der Waals surface area (Å²) in [6.45, 7) is 4.79. The summed E-state index contributed by atoms with van der Waals surface area (Å²) in [6.07, 6.45) is 4.29. The maximum Gasteiger partial charge on any atom is 0.305 e. The highest BCUT2D eigenvalue weighted by Gasteiger charge is 2.14. The molecule has 0 aromatic heterocycles. The number of ether oxygens (including phenoxy) is 4. The van der Waals surface area contributed by atoms with Crippen LogP contribution in [0.3, 0.4) is 0 Å². The number of benzene rings is 3. The zero-order valence-electron chi connectivity index (χ0n) is 22.2. The first-order valence-corrected chi connectivity index (χ1v) is 13.2. The Hall–Kier alpha value is -3.58. The van der Waals surface area contributed by atoms with Crippen molar-refractivity contribution in [3.8, 4) is 28.4 Å². The van der Waals surface area contributed by atoms with Gasteiger partial charge in [-0.3, -0.25) is 4.79 Å². The summed E-state index contributed by atoms with van der Waals surface area (Å²) in [5, 5.41) is 3.29. The Morgan fingerprint density at radius 1 is 0.947 bits per heavy atom. The van der Waals surface area contributed by atoms with Gasteiger partial charge in [0.05, 0.1) is 7.11 Å². The number of unbranched alkanes of at least 4 members (excludes halogenated alkanes) is 3. The summed E-state index contributed by atoms with van der Waals surface area (Å²) in [7, 11) is 1.41. The van der Waals surface area contributed by atoms with Crippen molar-refractivity contribution in [1.29, 1.82) is 0 Å². The van der Waals surface area contributed by atoms with Crippen LogP contribution in [0.2, 0.25) is 0 Å².